The second kappa shape index (κ2) is 2.86. The van der Waals surface area contributed by atoms with Crippen molar-refractivity contribution in [2.75, 3.05) is 5.73 Å². The van der Waals surface area contributed by atoms with Crippen LogP contribution in [0.2, 0.25) is 0 Å². The number of hydrogen-bond acceptors (Lipinski definition) is 3. The summed E-state index contributed by atoms with van der Waals surface area (Å²) in [6.07, 6.45) is 1.33. The third-order valence-corrected chi connectivity index (χ3v) is 1.83. The number of nitrogens with two attached hydrogens (primary N) is 1. The Kier molecular flexibility index (Phi) is 1.70. The summed E-state index contributed by atoms with van der Waals surface area (Å²) >= 11 is 0. The number of aromatic hydroxyl groups is 1. The molecule has 3 N–H and O–H groups in total. The minimum absolute atomic E-state index is 0.00574. The molecule has 0 amide bonds. The first kappa shape index (κ1) is 7.73. The van der Waals surface area contributed by atoms with E-state index < -0.39 is 0 Å². The van der Waals surface area contributed by atoms with Crippen LogP contribution < -0.4 is 5.73 Å². The van der Waals surface area contributed by atoms with E-state index in [4.69, 9.17) is 10.2 Å². The highest BCUT2D eigenvalue weighted by atomic mass is 16.4. The van der Waals surface area contributed by atoms with Crippen LogP contribution in [0, 0.1) is 0 Å². The second-order valence-electron chi connectivity index (χ2n) is 2.73. The average Bonchev–Trinajstić information content (AvgIpc) is 2.49. The molecule has 0 fully saturated rings. The van der Waals surface area contributed by atoms with Gasteiger partial charge >= 0.3 is 0 Å². The van der Waals surface area contributed by atoms with Crippen LogP contribution in [0.5, 0.6) is 5.75 Å². The van der Waals surface area contributed by atoms with Crippen molar-refractivity contribution in [3.8, 4) is 17.1 Å². The van der Waals surface area contributed by atoms with E-state index in [1.54, 1.807) is 0 Å². The Morgan fingerprint density at radius 3 is 2.38 bits per heavy atom. The molecule has 0 radical (unpaired) electrons. The first-order valence-electron chi connectivity index (χ1n) is 3.90. The summed E-state index contributed by atoms with van der Waals surface area (Å²) in [5, 5.41) is 9.47. The van der Waals surface area contributed by atoms with Crippen LogP contribution in [0.25, 0.3) is 11.3 Å². The van der Waals surface area contributed by atoms with Crippen molar-refractivity contribution < 1.29 is 9.52 Å². The molecule has 0 unspecified atom stereocenters. The van der Waals surface area contributed by atoms with Gasteiger partial charge in [0.05, 0.1) is 0 Å². The van der Waals surface area contributed by atoms with E-state index in [1.165, 1.54) is 6.26 Å². The number of benzene rings is 1. The summed E-state index contributed by atoms with van der Waals surface area (Å²) < 4.78 is 5.11. The smallest absolute Gasteiger partial charge is 0.185 e. The molecule has 0 spiro atoms. The summed E-state index contributed by atoms with van der Waals surface area (Å²) in [7, 11) is 0. The van der Waals surface area contributed by atoms with E-state index in [9.17, 15) is 5.11 Å². The first-order chi connectivity index (χ1) is 6.29. The molecule has 66 valence electrons. The number of furan rings is 1. The maximum absolute atomic E-state index is 9.47. The van der Waals surface area contributed by atoms with E-state index in [0.29, 0.717) is 5.76 Å². The van der Waals surface area contributed by atoms with Crippen molar-refractivity contribution in [1.82, 2.24) is 0 Å². The first-order valence-corrected chi connectivity index (χ1v) is 3.90. The standard InChI is InChI=1S/C10H9NO2/c11-8-6-13-10(9(8)12)7-4-2-1-3-5-7/h1-6,12H,11H2. The molecule has 3 heteroatoms. The molecule has 0 bridgehead atoms. The minimum atomic E-state index is 0.00574. The maximum atomic E-state index is 9.47. The van der Waals surface area contributed by atoms with Gasteiger partial charge in [0.1, 0.15) is 12.0 Å². The molecule has 0 aliphatic heterocycles. The van der Waals surface area contributed by atoms with Crippen LogP contribution >= 0.6 is 0 Å². The molecule has 13 heavy (non-hydrogen) atoms. The van der Waals surface area contributed by atoms with Gasteiger partial charge in [-0.05, 0) is 0 Å². The SMILES string of the molecule is Nc1coc(-c2ccccc2)c1O. The Morgan fingerprint density at radius 1 is 1.15 bits per heavy atom. The molecule has 2 aromatic rings. The van der Waals surface area contributed by atoms with Crippen LogP contribution in [0.1, 0.15) is 0 Å². The molecule has 1 heterocycles. The molecular weight excluding hydrogens is 166 g/mol. The van der Waals surface area contributed by atoms with E-state index in [2.05, 4.69) is 0 Å². The number of nitrogen functional groups attached to an aromatic ring is 1. The van der Waals surface area contributed by atoms with Crippen LogP contribution in [-0.4, -0.2) is 5.11 Å². The molecule has 2 rings (SSSR count). The summed E-state index contributed by atoms with van der Waals surface area (Å²) in [6.45, 7) is 0. The molecule has 0 aliphatic rings. The van der Waals surface area contributed by atoms with Crippen molar-refractivity contribution in [2.45, 2.75) is 0 Å². The zero-order chi connectivity index (χ0) is 9.26. The summed E-state index contributed by atoms with van der Waals surface area (Å²) in [5.74, 6) is 0.421. The molecule has 0 saturated heterocycles. The Balaban J connectivity index is 2.53. The predicted octanol–water partition coefficient (Wildman–Crippen LogP) is 2.23. The van der Waals surface area contributed by atoms with Crippen LogP contribution in [0.15, 0.2) is 41.0 Å². The van der Waals surface area contributed by atoms with E-state index >= 15 is 0 Å². The summed E-state index contributed by atoms with van der Waals surface area (Å²) in [6, 6.07) is 9.32. The highest BCUT2D eigenvalue weighted by Gasteiger charge is 2.10. The summed E-state index contributed by atoms with van der Waals surface area (Å²) in [5.41, 5.74) is 6.51. The number of hydrogen-bond donors (Lipinski definition) is 2. The fraction of sp³-hybridized carbons (Fsp3) is 0. The maximum Gasteiger partial charge on any atom is 0.185 e. The van der Waals surface area contributed by atoms with Gasteiger partial charge in [-0.2, -0.15) is 0 Å². The van der Waals surface area contributed by atoms with Gasteiger partial charge in [0.15, 0.2) is 11.5 Å². The monoisotopic (exact) mass is 175 g/mol. The van der Waals surface area contributed by atoms with Crippen LogP contribution in [0.3, 0.4) is 0 Å². The molecule has 3 nitrogen and oxygen atoms in total. The predicted molar refractivity (Wildman–Crippen MR) is 50.2 cm³/mol. The molecule has 1 aromatic heterocycles. The third kappa shape index (κ3) is 1.24. The third-order valence-electron chi connectivity index (χ3n) is 1.83. The Bertz CT molecular complexity index is 406. The van der Waals surface area contributed by atoms with Gasteiger partial charge in [-0.25, -0.2) is 0 Å². The van der Waals surface area contributed by atoms with Crippen LogP contribution in [0.4, 0.5) is 5.69 Å². The van der Waals surface area contributed by atoms with E-state index in [0.717, 1.165) is 5.56 Å². The van der Waals surface area contributed by atoms with Gasteiger partial charge in [0, 0.05) is 5.56 Å². The summed E-state index contributed by atoms with van der Waals surface area (Å²) in [4.78, 5) is 0. The molecule has 0 saturated carbocycles. The Labute approximate surface area is 75.4 Å². The number of rotatable bonds is 1. The second-order valence-corrected chi connectivity index (χ2v) is 2.73. The minimum Gasteiger partial charge on any atom is -0.503 e. The van der Waals surface area contributed by atoms with Crippen molar-refractivity contribution in [1.29, 1.82) is 0 Å². The van der Waals surface area contributed by atoms with Crippen molar-refractivity contribution >= 4 is 5.69 Å². The van der Waals surface area contributed by atoms with Crippen molar-refractivity contribution in [3.05, 3.63) is 36.6 Å². The van der Waals surface area contributed by atoms with E-state index in [-0.39, 0.29) is 11.4 Å². The fourth-order valence-electron chi connectivity index (χ4n) is 1.16. The normalized spacial score (nSPS) is 10.2. The Morgan fingerprint density at radius 2 is 1.85 bits per heavy atom. The molecule has 1 aromatic carbocycles. The highest BCUT2D eigenvalue weighted by molar-refractivity contribution is 5.71. The lowest BCUT2D eigenvalue weighted by Gasteiger charge is -1.96. The van der Waals surface area contributed by atoms with Crippen molar-refractivity contribution in [2.24, 2.45) is 0 Å². The zero-order valence-corrected chi connectivity index (χ0v) is 6.90. The van der Waals surface area contributed by atoms with Gasteiger partial charge < -0.3 is 15.3 Å². The van der Waals surface area contributed by atoms with Crippen molar-refractivity contribution in [3.63, 3.8) is 0 Å². The Hall–Kier alpha value is -1.90. The van der Waals surface area contributed by atoms with Gasteiger partial charge in [-0.15, -0.1) is 0 Å². The van der Waals surface area contributed by atoms with Gasteiger partial charge in [-0.3, -0.25) is 0 Å². The lowest BCUT2D eigenvalue weighted by Crippen LogP contribution is -1.79. The average molecular weight is 175 g/mol. The quantitative estimate of drug-likeness (QED) is 0.698. The largest absolute Gasteiger partial charge is 0.503 e. The zero-order valence-electron chi connectivity index (χ0n) is 6.90. The molecule has 0 aliphatic carbocycles. The lowest BCUT2D eigenvalue weighted by molar-refractivity contribution is 0.466. The van der Waals surface area contributed by atoms with Gasteiger partial charge in [0.2, 0.25) is 0 Å². The van der Waals surface area contributed by atoms with Gasteiger partial charge in [0.25, 0.3) is 0 Å². The van der Waals surface area contributed by atoms with E-state index in [1.807, 2.05) is 30.3 Å². The topological polar surface area (TPSA) is 59.4 Å². The van der Waals surface area contributed by atoms with Crippen LogP contribution in [-0.2, 0) is 0 Å². The van der Waals surface area contributed by atoms with Gasteiger partial charge in [-0.1, -0.05) is 30.3 Å². The number of anilines is 1. The highest BCUT2D eigenvalue weighted by Crippen LogP contribution is 2.35. The fourth-order valence-corrected chi connectivity index (χ4v) is 1.16. The lowest BCUT2D eigenvalue weighted by atomic mass is 10.1. The molecular formula is C10H9NO2. The molecule has 0 atom stereocenters.